The van der Waals surface area contributed by atoms with Crippen LogP contribution in [0.5, 0.6) is 0 Å². The maximum absolute atomic E-state index is 11.7. The fraction of sp³-hybridized carbons (Fsp3) is 0.125. The lowest BCUT2D eigenvalue weighted by Gasteiger charge is -2.09. The molecule has 1 aromatic carbocycles. The fourth-order valence-corrected chi connectivity index (χ4v) is 2.18. The second kappa shape index (κ2) is 5.17. The molecule has 3 aromatic rings. The summed E-state index contributed by atoms with van der Waals surface area (Å²) in [7, 11) is 1.79. The molecule has 4 nitrogen and oxygen atoms in total. The first-order valence-corrected chi connectivity index (χ1v) is 6.46. The number of hydrogen-bond acceptors (Lipinski definition) is 3. The molecule has 0 aliphatic rings. The first-order valence-electron chi connectivity index (χ1n) is 6.46. The van der Waals surface area contributed by atoms with Crippen LogP contribution < -0.4 is 10.9 Å². The van der Waals surface area contributed by atoms with Crippen molar-refractivity contribution in [2.75, 3.05) is 5.32 Å². The Hall–Kier alpha value is -2.62. The largest absolute Gasteiger partial charge is 0.381 e. The van der Waals surface area contributed by atoms with Gasteiger partial charge in [0, 0.05) is 37.7 Å². The van der Waals surface area contributed by atoms with Crippen LogP contribution in [0, 0.1) is 0 Å². The number of nitrogens with one attached hydrogen (secondary N) is 1. The number of rotatable bonds is 3. The van der Waals surface area contributed by atoms with E-state index >= 15 is 0 Å². The summed E-state index contributed by atoms with van der Waals surface area (Å²) in [5.74, 6) is 0. The number of hydrogen-bond donors (Lipinski definition) is 1. The van der Waals surface area contributed by atoms with Crippen molar-refractivity contribution in [3.8, 4) is 0 Å². The predicted octanol–water partition coefficient (Wildman–Crippen LogP) is 2.55. The number of fused-ring (bicyclic) bond motifs is 1. The van der Waals surface area contributed by atoms with Crippen LogP contribution in [-0.4, -0.2) is 9.55 Å². The zero-order valence-corrected chi connectivity index (χ0v) is 11.2. The van der Waals surface area contributed by atoms with Crippen molar-refractivity contribution in [3.63, 3.8) is 0 Å². The van der Waals surface area contributed by atoms with Crippen molar-refractivity contribution in [3.05, 3.63) is 70.8 Å². The highest BCUT2D eigenvalue weighted by Gasteiger charge is 2.01. The molecule has 0 amide bonds. The Kier molecular flexibility index (Phi) is 3.21. The molecule has 0 fully saturated rings. The Bertz CT molecular complexity index is 794. The molecule has 0 aliphatic heterocycles. The Balaban J connectivity index is 1.89. The minimum Gasteiger partial charge on any atom is -0.381 e. The lowest BCUT2D eigenvalue weighted by molar-refractivity contribution is 0.906. The number of anilines is 1. The van der Waals surface area contributed by atoms with Gasteiger partial charge in [0.25, 0.3) is 5.56 Å². The SMILES string of the molecule is Cn1c(=O)ccc2ccc(NCc3ccncc3)cc21. The normalized spacial score (nSPS) is 10.7. The van der Waals surface area contributed by atoms with Crippen LogP contribution in [0.3, 0.4) is 0 Å². The predicted molar refractivity (Wildman–Crippen MR) is 80.8 cm³/mol. The molecule has 2 heterocycles. The van der Waals surface area contributed by atoms with Crippen molar-refractivity contribution < 1.29 is 0 Å². The molecule has 0 aliphatic carbocycles. The van der Waals surface area contributed by atoms with Crippen molar-refractivity contribution >= 4 is 16.6 Å². The molecule has 0 unspecified atom stereocenters. The summed E-state index contributed by atoms with van der Waals surface area (Å²) < 4.78 is 1.66. The molecule has 1 N–H and O–H groups in total. The van der Waals surface area contributed by atoms with Gasteiger partial charge in [0.05, 0.1) is 5.52 Å². The van der Waals surface area contributed by atoms with E-state index in [1.807, 2.05) is 36.4 Å². The van der Waals surface area contributed by atoms with E-state index in [-0.39, 0.29) is 5.56 Å². The maximum Gasteiger partial charge on any atom is 0.250 e. The number of pyridine rings is 2. The van der Waals surface area contributed by atoms with Crippen LogP contribution in [0.2, 0.25) is 0 Å². The van der Waals surface area contributed by atoms with Gasteiger partial charge in [-0.1, -0.05) is 6.07 Å². The number of aromatic nitrogens is 2. The minimum atomic E-state index is 0.00350. The zero-order chi connectivity index (χ0) is 13.9. The first-order chi connectivity index (χ1) is 9.74. The lowest BCUT2D eigenvalue weighted by atomic mass is 10.2. The number of aryl methyl sites for hydroxylation is 1. The molecule has 20 heavy (non-hydrogen) atoms. The second-order valence-corrected chi connectivity index (χ2v) is 4.71. The third kappa shape index (κ3) is 2.40. The molecular weight excluding hydrogens is 250 g/mol. The van der Waals surface area contributed by atoms with E-state index in [4.69, 9.17) is 0 Å². The van der Waals surface area contributed by atoms with E-state index in [0.29, 0.717) is 0 Å². The van der Waals surface area contributed by atoms with E-state index in [0.717, 1.165) is 23.1 Å². The molecule has 0 bridgehead atoms. The van der Waals surface area contributed by atoms with Gasteiger partial charge in [-0.15, -0.1) is 0 Å². The van der Waals surface area contributed by atoms with Crippen molar-refractivity contribution in [1.82, 2.24) is 9.55 Å². The summed E-state index contributed by atoms with van der Waals surface area (Å²) in [6.07, 6.45) is 3.56. The quantitative estimate of drug-likeness (QED) is 0.791. The molecule has 0 radical (unpaired) electrons. The summed E-state index contributed by atoms with van der Waals surface area (Å²) in [6, 6.07) is 13.4. The zero-order valence-electron chi connectivity index (χ0n) is 11.2. The highest BCUT2D eigenvalue weighted by atomic mass is 16.1. The number of benzene rings is 1. The molecule has 0 atom stereocenters. The smallest absolute Gasteiger partial charge is 0.250 e. The van der Waals surface area contributed by atoms with Gasteiger partial charge in [-0.05, 0) is 41.3 Å². The van der Waals surface area contributed by atoms with Gasteiger partial charge in [0.15, 0.2) is 0 Å². The van der Waals surface area contributed by atoms with Crippen molar-refractivity contribution in [2.24, 2.45) is 7.05 Å². The molecule has 0 spiro atoms. The lowest BCUT2D eigenvalue weighted by Crippen LogP contribution is -2.15. The van der Waals surface area contributed by atoms with Crippen molar-refractivity contribution in [2.45, 2.75) is 6.54 Å². The second-order valence-electron chi connectivity index (χ2n) is 4.71. The molecule has 3 rings (SSSR count). The average Bonchev–Trinajstić information content (AvgIpc) is 2.50. The third-order valence-electron chi connectivity index (χ3n) is 3.37. The van der Waals surface area contributed by atoms with E-state index < -0.39 is 0 Å². The summed E-state index contributed by atoms with van der Waals surface area (Å²) in [4.78, 5) is 15.7. The maximum atomic E-state index is 11.7. The van der Waals surface area contributed by atoms with Crippen LogP contribution in [0.15, 0.2) is 59.7 Å². The highest BCUT2D eigenvalue weighted by Crippen LogP contribution is 2.17. The Labute approximate surface area is 116 Å². The minimum absolute atomic E-state index is 0.00350. The van der Waals surface area contributed by atoms with Crippen molar-refractivity contribution in [1.29, 1.82) is 0 Å². The molecule has 4 heteroatoms. The monoisotopic (exact) mass is 265 g/mol. The van der Waals surface area contributed by atoms with Crippen LogP contribution >= 0.6 is 0 Å². The van der Waals surface area contributed by atoms with Gasteiger partial charge in [0.1, 0.15) is 0 Å². The molecular formula is C16H15N3O. The molecule has 0 saturated heterocycles. The van der Waals surface area contributed by atoms with Crippen LogP contribution in [0.1, 0.15) is 5.56 Å². The highest BCUT2D eigenvalue weighted by molar-refractivity contribution is 5.82. The number of nitrogens with zero attached hydrogens (tertiary/aromatic N) is 2. The van der Waals surface area contributed by atoms with E-state index in [2.05, 4.69) is 10.3 Å². The Morgan fingerprint density at radius 2 is 1.85 bits per heavy atom. The Morgan fingerprint density at radius 3 is 2.65 bits per heavy atom. The van der Waals surface area contributed by atoms with Gasteiger partial charge in [-0.2, -0.15) is 0 Å². The summed E-state index contributed by atoms with van der Waals surface area (Å²) in [5.41, 5.74) is 3.10. The summed E-state index contributed by atoms with van der Waals surface area (Å²) >= 11 is 0. The molecule has 100 valence electrons. The van der Waals surface area contributed by atoms with E-state index in [1.54, 1.807) is 30.1 Å². The van der Waals surface area contributed by atoms with Crippen LogP contribution in [-0.2, 0) is 13.6 Å². The topological polar surface area (TPSA) is 46.9 Å². The molecule has 0 saturated carbocycles. The molecule has 2 aromatic heterocycles. The Morgan fingerprint density at radius 1 is 1.10 bits per heavy atom. The van der Waals surface area contributed by atoms with Gasteiger partial charge in [-0.3, -0.25) is 9.78 Å². The van der Waals surface area contributed by atoms with Crippen LogP contribution in [0.25, 0.3) is 10.9 Å². The van der Waals surface area contributed by atoms with Gasteiger partial charge in [0.2, 0.25) is 0 Å². The fourth-order valence-electron chi connectivity index (χ4n) is 2.18. The first kappa shape index (κ1) is 12.4. The van der Waals surface area contributed by atoms with E-state index in [9.17, 15) is 4.79 Å². The van der Waals surface area contributed by atoms with E-state index in [1.165, 1.54) is 5.56 Å². The third-order valence-corrected chi connectivity index (χ3v) is 3.37. The van der Waals surface area contributed by atoms with Gasteiger partial charge >= 0.3 is 0 Å². The standard InChI is InChI=1S/C16H15N3O/c1-19-15-10-14(4-2-13(15)3-5-16(19)20)18-11-12-6-8-17-9-7-12/h2-10,18H,11H2,1H3. The van der Waals surface area contributed by atoms with Gasteiger partial charge in [-0.25, -0.2) is 0 Å². The average molecular weight is 265 g/mol. The summed E-state index contributed by atoms with van der Waals surface area (Å²) in [6.45, 7) is 0.731. The van der Waals surface area contributed by atoms with Crippen LogP contribution in [0.4, 0.5) is 5.69 Å². The summed E-state index contributed by atoms with van der Waals surface area (Å²) in [5, 5.41) is 4.41. The van der Waals surface area contributed by atoms with Gasteiger partial charge < -0.3 is 9.88 Å².